The summed E-state index contributed by atoms with van der Waals surface area (Å²) in [5, 5.41) is 10.3. The van der Waals surface area contributed by atoms with Crippen LogP contribution in [0.15, 0.2) is 59.1 Å². The van der Waals surface area contributed by atoms with Crippen molar-refractivity contribution in [3.05, 3.63) is 54.6 Å². The molecule has 3 heterocycles. The van der Waals surface area contributed by atoms with Gasteiger partial charge in [0.2, 0.25) is 5.82 Å². The molecular weight excluding hydrogens is 390 g/mol. The minimum absolute atomic E-state index is 0.192. The summed E-state index contributed by atoms with van der Waals surface area (Å²) < 4.78 is 5.50. The van der Waals surface area contributed by atoms with Crippen molar-refractivity contribution in [3.63, 3.8) is 0 Å². The molecule has 31 heavy (non-hydrogen) atoms. The normalized spacial score (nSPS) is 23.3. The van der Waals surface area contributed by atoms with E-state index in [-0.39, 0.29) is 12.1 Å². The van der Waals surface area contributed by atoms with E-state index in [0.717, 1.165) is 18.4 Å². The average molecular weight is 418 g/mol. The average Bonchev–Trinajstić information content (AvgIpc) is 3.26. The number of nitrogens with one attached hydrogen (secondary N) is 2. The first kappa shape index (κ1) is 19.8. The highest BCUT2D eigenvalue weighted by molar-refractivity contribution is 5.93. The van der Waals surface area contributed by atoms with E-state index in [1.807, 2.05) is 54.6 Å². The topological polar surface area (TPSA) is 83.3 Å². The Morgan fingerprint density at radius 2 is 1.74 bits per heavy atom. The number of urea groups is 1. The molecule has 2 aliphatic rings. The van der Waals surface area contributed by atoms with Gasteiger partial charge in [-0.15, -0.1) is 0 Å². The zero-order valence-electron chi connectivity index (χ0n) is 17.6. The van der Waals surface area contributed by atoms with Crippen molar-refractivity contribution in [1.29, 1.82) is 0 Å². The maximum absolute atomic E-state index is 12.8. The lowest BCUT2D eigenvalue weighted by Gasteiger charge is -2.47. The van der Waals surface area contributed by atoms with Gasteiger partial charge in [-0.25, -0.2) is 4.79 Å². The third kappa shape index (κ3) is 4.18. The number of benzene rings is 2. The highest BCUT2D eigenvalue weighted by Gasteiger charge is 2.36. The van der Waals surface area contributed by atoms with Crippen molar-refractivity contribution in [1.82, 2.24) is 20.4 Å². The summed E-state index contributed by atoms with van der Waals surface area (Å²) in [6, 6.07) is 18.3. The molecular formula is C24H27N5O2. The molecule has 2 bridgehead atoms. The second-order valence-corrected chi connectivity index (χ2v) is 8.51. The lowest BCUT2D eigenvalue weighted by Crippen LogP contribution is -2.55. The van der Waals surface area contributed by atoms with Crippen LogP contribution in [0.1, 0.15) is 32.1 Å². The number of carbonyl (C=O) groups is 1. The lowest BCUT2D eigenvalue weighted by molar-refractivity contribution is 0.0513. The molecule has 0 saturated carbocycles. The fraction of sp³-hybridized carbons (Fsp3) is 0.375. The Labute approximate surface area is 181 Å². The van der Waals surface area contributed by atoms with E-state index in [2.05, 4.69) is 32.7 Å². The minimum atomic E-state index is -0.192. The van der Waals surface area contributed by atoms with Gasteiger partial charge in [-0.05, 0) is 44.9 Å². The molecule has 2 saturated heterocycles. The number of fused-ring (bicyclic) bond motifs is 2. The largest absolute Gasteiger partial charge is 0.335 e. The van der Waals surface area contributed by atoms with E-state index in [0.29, 0.717) is 35.0 Å². The number of hydrogen-bond donors (Lipinski definition) is 2. The number of anilines is 1. The van der Waals surface area contributed by atoms with Crippen LogP contribution >= 0.6 is 0 Å². The van der Waals surface area contributed by atoms with E-state index < -0.39 is 0 Å². The molecule has 7 heteroatoms. The van der Waals surface area contributed by atoms with Gasteiger partial charge in [0.25, 0.3) is 5.89 Å². The predicted octanol–water partition coefficient (Wildman–Crippen LogP) is 4.54. The number of para-hydroxylation sites is 1. The van der Waals surface area contributed by atoms with Gasteiger partial charge in [-0.2, -0.15) is 4.98 Å². The molecule has 2 N–H and O–H groups in total. The minimum Gasteiger partial charge on any atom is -0.335 e. The van der Waals surface area contributed by atoms with Crippen molar-refractivity contribution in [3.8, 4) is 22.8 Å². The van der Waals surface area contributed by atoms with E-state index in [1.54, 1.807) is 0 Å². The van der Waals surface area contributed by atoms with Crippen LogP contribution in [0.3, 0.4) is 0 Å². The Balaban J connectivity index is 1.29. The standard InChI is InChI=1S/C24H27N5O2/c1-29-18-10-7-11-19(29)15-17(14-18)25-24(30)26-21-13-6-5-12-20(21)23-27-22(28-31-23)16-8-3-2-4-9-16/h2-6,8-9,12-13,17-19H,7,10-11,14-15H2,1H3,(H2,25,26,30). The van der Waals surface area contributed by atoms with Crippen LogP contribution in [0.5, 0.6) is 0 Å². The molecule has 0 aliphatic carbocycles. The molecule has 160 valence electrons. The summed E-state index contributed by atoms with van der Waals surface area (Å²) in [6.07, 6.45) is 5.74. The zero-order chi connectivity index (χ0) is 21.2. The molecule has 2 amide bonds. The Kier molecular flexibility index (Phi) is 5.42. The van der Waals surface area contributed by atoms with Crippen LogP contribution in [-0.2, 0) is 0 Å². The molecule has 7 nitrogen and oxygen atoms in total. The fourth-order valence-corrected chi connectivity index (χ4v) is 4.89. The summed E-state index contributed by atoms with van der Waals surface area (Å²) in [7, 11) is 2.22. The van der Waals surface area contributed by atoms with Gasteiger partial charge < -0.3 is 20.1 Å². The highest BCUT2D eigenvalue weighted by atomic mass is 16.5. The lowest BCUT2D eigenvalue weighted by atomic mass is 9.82. The van der Waals surface area contributed by atoms with E-state index >= 15 is 0 Å². The summed E-state index contributed by atoms with van der Waals surface area (Å²) in [5.41, 5.74) is 2.23. The number of carbonyl (C=O) groups excluding carboxylic acids is 1. The van der Waals surface area contributed by atoms with Gasteiger partial charge in [0, 0.05) is 23.7 Å². The number of aromatic nitrogens is 2. The molecule has 2 aliphatic heterocycles. The molecule has 2 unspecified atom stereocenters. The molecule has 0 radical (unpaired) electrons. The Morgan fingerprint density at radius 1 is 1.03 bits per heavy atom. The van der Waals surface area contributed by atoms with Crippen molar-refractivity contribution in [2.45, 2.75) is 50.2 Å². The molecule has 2 atom stereocenters. The molecule has 3 aromatic rings. The van der Waals surface area contributed by atoms with Crippen LogP contribution < -0.4 is 10.6 Å². The van der Waals surface area contributed by atoms with Gasteiger partial charge in [0.05, 0.1) is 11.3 Å². The predicted molar refractivity (Wildman–Crippen MR) is 120 cm³/mol. The summed E-state index contributed by atoms with van der Waals surface area (Å²) >= 11 is 0. The third-order valence-corrected chi connectivity index (χ3v) is 6.54. The van der Waals surface area contributed by atoms with Crippen LogP contribution in [-0.4, -0.2) is 46.2 Å². The SMILES string of the molecule is CN1C2CCCC1CC(NC(=O)Nc1ccccc1-c1nc(-c3ccccc3)no1)C2. The first-order valence-electron chi connectivity index (χ1n) is 11.0. The second kappa shape index (κ2) is 8.51. The fourth-order valence-electron chi connectivity index (χ4n) is 4.89. The van der Waals surface area contributed by atoms with Crippen molar-refractivity contribution < 1.29 is 9.32 Å². The number of hydrogen-bond acceptors (Lipinski definition) is 5. The van der Waals surface area contributed by atoms with Crippen LogP contribution in [0.2, 0.25) is 0 Å². The molecule has 0 spiro atoms. The number of rotatable bonds is 4. The van der Waals surface area contributed by atoms with Crippen molar-refractivity contribution in [2.75, 3.05) is 12.4 Å². The highest BCUT2D eigenvalue weighted by Crippen LogP contribution is 2.33. The summed E-state index contributed by atoms with van der Waals surface area (Å²) in [4.78, 5) is 19.8. The smallest absolute Gasteiger partial charge is 0.319 e. The number of nitrogens with zero attached hydrogens (tertiary/aromatic N) is 3. The molecule has 2 aromatic carbocycles. The van der Waals surface area contributed by atoms with Gasteiger partial charge in [-0.3, -0.25) is 0 Å². The second-order valence-electron chi connectivity index (χ2n) is 8.51. The first-order chi connectivity index (χ1) is 15.2. The molecule has 1 aromatic heterocycles. The van der Waals surface area contributed by atoms with Crippen LogP contribution in [0.4, 0.5) is 10.5 Å². The Bertz CT molecular complexity index is 1040. The summed E-state index contributed by atoms with van der Waals surface area (Å²) in [6.45, 7) is 0. The zero-order valence-corrected chi connectivity index (χ0v) is 17.6. The summed E-state index contributed by atoms with van der Waals surface area (Å²) in [5.74, 6) is 0.899. The van der Waals surface area contributed by atoms with Gasteiger partial charge in [-0.1, -0.05) is 54.0 Å². The maximum Gasteiger partial charge on any atom is 0.319 e. The molecule has 2 fully saturated rings. The van der Waals surface area contributed by atoms with Crippen LogP contribution in [0, 0.1) is 0 Å². The van der Waals surface area contributed by atoms with Crippen molar-refractivity contribution >= 4 is 11.7 Å². The van der Waals surface area contributed by atoms with E-state index in [4.69, 9.17) is 4.52 Å². The first-order valence-corrected chi connectivity index (χ1v) is 11.0. The number of piperidine rings is 2. The maximum atomic E-state index is 12.8. The van der Waals surface area contributed by atoms with E-state index in [1.165, 1.54) is 19.3 Å². The third-order valence-electron chi connectivity index (χ3n) is 6.54. The van der Waals surface area contributed by atoms with Gasteiger partial charge in [0.15, 0.2) is 0 Å². The van der Waals surface area contributed by atoms with Crippen molar-refractivity contribution in [2.24, 2.45) is 0 Å². The Hall–Kier alpha value is -3.19. The van der Waals surface area contributed by atoms with Gasteiger partial charge >= 0.3 is 6.03 Å². The van der Waals surface area contributed by atoms with Crippen LogP contribution in [0.25, 0.3) is 22.8 Å². The van der Waals surface area contributed by atoms with E-state index in [9.17, 15) is 4.79 Å². The Morgan fingerprint density at radius 3 is 2.52 bits per heavy atom. The quantitative estimate of drug-likeness (QED) is 0.651. The van der Waals surface area contributed by atoms with Gasteiger partial charge in [0.1, 0.15) is 0 Å². The monoisotopic (exact) mass is 417 g/mol. The molecule has 5 rings (SSSR count). The number of amides is 2.